The van der Waals surface area contributed by atoms with E-state index in [1.807, 2.05) is 13.1 Å². The summed E-state index contributed by atoms with van der Waals surface area (Å²) < 4.78 is 1.77. The highest BCUT2D eigenvalue weighted by Crippen LogP contribution is 2.31. The van der Waals surface area contributed by atoms with Crippen molar-refractivity contribution in [2.24, 2.45) is 5.92 Å². The summed E-state index contributed by atoms with van der Waals surface area (Å²) in [6, 6.07) is 2.88. The molecule has 0 atom stereocenters. The van der Waals surface area contributed by atoms with Crippen LogP contribution in [0.3, 0.4) is 0 Å². The van der Waals surface area contributed by atoms with Crippen LogP contribution in [-0.4, -0.2) is 49.3 Å². The molecule has 0 aliphatic heterocycles. The first-order valence-corrected chi connectivity index (χ1v) is 12.9. The highest BCUT2D eigenvalue weighted by molar-refractivity contribution is 5.96. The minimum absolute atomic E-state index is 0.0767. The van der Waals surface area contributed by atoms with Gasteiger partial charge in [0.15, 0.2) is 11.3 Å². The van der Waals surface area contributed by atoms with Crippen LogP contribution in [0.25, 0.3) is 16.9 Å². The molecule has 182 valence electrons. The fourth-order valence-electron chi connectivity index (χ4n) is 5.78. The van der Waals surface area contributed by atoms with Gasteiger partial charge in [-0.25, -0.2) is 9.50 Å². The van der Waals surface area contributed by atoms with Crippen LogP contribution in [-0.2, 0) is 0 Å². The van der Waals surface area contributed by atoms with E-state index in [4.69, 9.17) is 0 Å². The normalized spacial score (nSPS) is 21.5. The Bertz CT molecular complexity index is 1130. The van der Waals surface area contributed by atoms with Gasteiger partial charge in [0.05, 0.1) is 5.69 Å². The van der Waals surface area contributed by atoms with Gasteiger partial charge in [-0.2, -0.15) is 10.2 Å². The first-order valence-electron chi connectivity index (χ1n) is 12.9. The number of nitrogens with zero attached hydrogens (tertiary/aromatic N) is 4. The number of hydrogen-bond acceptors (Lipinski definition) is 5. The molecule has 2 fully saturated rings. The lowest BCUT2D eigenvalue weighted by Crippen LogP contribution is -2.43. The molecule has 0 saturated heterocycles. The summed E-state index contributed by atoms with van der Waals surface area (Å²) in [5.74, 6) is 0.943. The number of aryl methyl sites for hydroxylation is 1. The highest BCUT2D eigenvalue weighted by atomic mass is 16.2. The van der Waals surface area contributed by atoms with Crippen molar-refractivity contribution in [2.45, 2.75) is 90.1 Å². The number of nitrogens with one attached hydrogen (secondary N) is 3. The lowest BCUT2D eigenvalue weighted by molar-refractivity contribution is 0.0917. The lowest BCUT2D eigenvalue weighted by Gasteiger charge is -2.30. The van der Waals surface area contributed by atoms with Crippen molar-refractivity contribution in [3.05, 3.63) is 35.4 Å². The first-order chi connectivity index (χ1) is 16.5. The van der Waals surface area contributed by atoms with E-state index < -0.39 is 0 Å². The van der Waals surface area contributed by atoms with Crippen LogP contribution < -0.4 is 10.6 Å². The van der Waals surface area contributed by atoms with E-state index in [-0.39, 0.29) is 17.9 Å². The summed E-state index contributed by atoms with van der Waals surface area (Å²) in [5.41, 5.74) is 5.15. The van der Waals surface area contributed by atoms with Crippen molar-refractivity contribution in [3.8, 4) is 11.3 Å². The minimum Gasteiger partial charge on any atom is -0.348 e. The molecule has 0 spiro atoms. The molecule has 0 bridgehead atoms. The average molecular weight is 464 g/mol. The number of pyridine rings is 1. The molecule has 5 rings (SSSR count). The van der Waals surface area contributed by atoms with Gasteiger partial charge in [0.2, 0.25) is 0 Å². The second-order valence-corrected chi connectivity index (χ2v) is 10.5. The zero-order chi connectivity index (χ0) is 23.7. The average Bonchev–Trinajstić information content (AvgIpc) is 3.58. The number of hydrogen-bond donors (Lipinski definition) is 3. The maximum Gasteiger partial charge on any atom is 0.272 e. The number of carbonyl (C=O) groups excluding carboxylic acids is 1. The Hall–Kier alpha value is -2.74. The van der Waals surface area contributed by atoms with Gasteiger partial charge in [-0.05, 0) is 75.5 Å². The maximum absolute atomic E-state index is 13.3. The van der Waals surface area contributed by atoms with E-state index in [2.05, 4.69) is 50.8 Å². The molecular weight excluding hydrogens is 426 g/mol. The maximum atomic E-state index is 13.3. The van der Waals surface area contributed by atoms with Crippen LogP contribution in [0.2, 0.25) is 0 Å². The first kappa shape index (κ1) is 23.0. The molecule has 0 aromatic carbocycles. The predicted molar refractivity (Wildman–Crippen MR) is 133 cm³/mol. The number of carbonyl (C=O) groups is 1. The SMILES string of the molecule is Cc1cc(-c2[nH]nc(C(=O)NC3CCC(NCC4CCCC4)CC3)c2C(C)C)cn2ncnc12. The monoisotopic (exact) mass is 463 g/mol. The lowest BCUT2D eigenvalue weighted by atomic mass is 9.90. The molecule has 2 aliphatic rings. The molecule has 2 saturated carbocycles. The van der Waals surface area contributed by atoms with Gasteiger partial charge in [-0.1, -0.05) is 26.7 Å². The Balaban J connectivity index is 1.25. The molecule has 3 N–H and O–H groups in total. The third kappa shape index (κ3) is 4.73. The Morgan fingerprint density at radius 2 is 1.88 bits per heavy atom. The smallest absolute Gasteiger partial charge is 0.272 e. The summed E-state index contributed by atoms with van der Waals surface area (Å²) >= 11 is 0. The van der Waals surface area contributed by atoms with Gasteiger partial charge < -0.3 is 10.6 Å². The van der Waals surface area contributed by atoms with Crippen molar-refractivity contribution in [1.29, 1.82) is 0 Å². The van der Waals surface area contributed by atoms with Crippen molar-refractivity contribution in [2.75, 3.05) is 6.54 Å². The second kappa shape index (κ2) is 9.86. The van der Waals surface area contributed by atoms with Gasteiger partial charge in [-0.15, -0.1) is 0 Å². The molecule has 0 unspecified atom stereocenters. The highest BCUT2D eigenvalue weighted by Gasteiger charge is 2.28. The molecule has 2 aliphatic carbocycles. The second-order valence-electron chi connectivity index (χ2n) is 10.5. The third-order valence-corrected chi connectivity index (χ3v) is 7.68. The largest absolute Gasteiger partial charge is 0.348 e. The van der Waals surface area contributed by atoms with Crippen molar-refractivity contribution >= 4 is 11.6 Å². The van der Waals surface area contributed by atoms with Crippen LogP contribution in [0, 0.1) is 12.8 Å². The van der Waals surface area contributed by atoms with E-state index in [1.54, 1.807) is 10.8 Å². The van der Waals surface area contributed by atoms with E-state index in [9.17, 15) is 4.79 Å². The van der Waals surface area contributed by atoms with Gasteiger partial charge in [0.1, 0.15) is 6.33 Å². The molecule has 34 heavy (non-hydrogen) atoms. The summed E-state index contributed by atoms with van der Waals surface area (Å²) in [6.45, 7) is 7.39. The fourth-order valence-corrected chi connectivity index (χ4v) is 5.78. The molecule has 0 radical (unpaired) electrons. The minimum atomic E-state index is -0.0767. The quantitative estimate of drug-likeness (QED) is 0.483. The van der Waals surface area contributed by atoms with Crippen molar-refractivity contribution in [3.63, 3.8) is 0 Å². The van der Waals surface area contributed by atoms with E-state index in [0.717, 1.165) is 66.2 Å². The molecule has 8 nitrogen and oxygen atoms in total. The van der Waals surface area contributed by atoms with Crippen LogP contribution in [0.15, 0.2) is 18.6 Å². The third-order valence-electron chi connectivity index (χ3n) is 7.68. The zero-order valence-electron chi connectivity index (χ0n) is 20.6. The predicted octanol–water partition coefficient (Wildman–Crippen LogP) is 4.37. The molecular formula is C26H37N7O. The fraction of sp³-hybridized carbons (Fsp3) is 0.615. The van der Waals surface area contributed by atoms with Crippen molar-refractivity contribution in [1.82, 2.24) is 35.4 Å². The van der Waals surface area contributed by atoms with Crippen LogP contribution >= 0.6 is 0 Å². The molecule has 3 aromatic rings. The summed E-state index contributed by atoms with van der Waals surface area (Å²) in [7, 11) is 0. The van der Waals surface area contributed by atoms with Gasteiger partial charge in [0.25, 0.3) is 5.91 Å². The standard InChI is InChI=1S/C26H37N7O/c1-16(2)22-23(19-12-17(3)25-28-15-29-33(25)14-19)31-32-24(22)26(34)30-21-10-8-20(9-11-21)27-13-18-6-4-5-7-18/h12,14-16,18,20-21,27H,4-11,13H2,1-3H3,(H,30,34)(H,31,32). The Morgan fingerprint density at radius 1 is 1.15 bits per heavy atom. The number of aromatic nitrogens is 5. The Morgan fingerprint density at radius 3 is 2.62 bits per heavy atom. The molecule has 8 heteroatoms. The van der Waals surface area contributed by atoms with E-state index in [0.29, 0.717) is 11.7 Å². The molecule has 3 heterocycles. The number of H-pyrrole nitrogens is 1. The van der Waals surface area contributed by atoms with Gasteiger partial charge in [-0.3, -0.25) is 9.89 Å². The molecule has 3 aromatic heterocycles. The number of rotatable bonds is 7. The summed E-state index contributed by atoms with van der Waals surface area (Å²) in [4.78, 5) is 17.6. The zero-order valence-corrected chi connectivity index (χ0v) is 20.6. The van der Waals surface area contributed by atoms with Crippen LogP contribution in [0.4, 0.5) is 0 Å². The molecule has 1 amide bonds. The van der Waals surface area contributed by atoms with Crippen LogP contribution in [0.1, 0.15) is 92.7 Å². The van der Waals surface area contributed by atoms with E-state index in [1.165, 1.54) is 25.7 Å². The summed E-state index contributed by atoms with van der Waals surface area (Å²) in [5, 5.41) is 19.0. The number of amides is 1. The van der Waals surface area contributed by atoms with E-state index >= 15 is 0 Å². The number of aromatic amines is 1. The topological polar surface area (TPSA) is 100 Å². The number of fused-ring (bicyclic) bond motifs is 1. The Labute approximate surface area is 201 Å². The summed E-state index contributed by atoms with van der Waals surface area (Å²) in [6.07, 6.45) is 13.3. The van der Waals surface area contributed by atoms with Gasteiger partial charge >= 0.3 is 0 Å². The van der Waals surface area contributed by atoms with Crippen molar-refractivity contribution < 1.29 is 4.79 Å². The van der Waals surface area contributed by atoms with Gasteiger partial charge in [0, 0.05) is 29.4 Å². The Kier molecular flexibility index (Phi) is 6.68. The van der Waals surface area contributed by atoms with Crippen LogP contribution in [0.5, 0.6) is 0 Å².